The van der Waals surface area contributed by atoms with Crippen LogP contribution < -0.4 is 0 Å². The lowest BCUT2D eigenvalue weighted by atomic mass is 10.1. The monoisotopic (exact) mass is 334 g/mol. The summed E-state index contributed by atoms with van der Waals surface area (Å²) < 4.78 is 17.9. The molecule has 130 valence electrons. The molecule has 2 aliphatic rings. The van der Waals surface area contributed by atoms with Gasteiger partial charge in [-0.1, -0.05) is 19.1 Å². The van der Waals surface area contributed by atoms with Crippen LogP contribution in [0.4, 0.5) is 4.39 Å². The smallest absolute Gasteiger partial charge is 0.309 e. The number of hydrogen-bond acceptors (Lipinski definition) is 4. The minimum atomic E-state index is -0.275. The third kappa shape index (κ3) is 2.90. The van der Waals surface area contributed by atoms with Gasteiger partial charge in [-0.15, -0.1) is 0 Å². The Bertz CT molecular complexity index is 634. The van der Waals surface area contributed by atoms with Gasteiger partial charge in [-0.05, 0) is 31.0 Å². The number of nitrogens with zero attached hydrogens (tertiary/aromatic N) is 2. The normalized spacial score (nSPS) is 25.8. The van der Waals surface area contributed by atoms with Gasteiger partial charge in [0.2, 0.25) is 5.91 Å². The Morgan fingerprint density at radius 1 is 1.33 bits per heavy atom. The number of esters is 1. The van der Waals surface area contributed by atoms with Gasteiger partial charge in [-0.3, -0.25) is 14.5 Å². The number of piperazine rings is 1. The molecule has 1 aromatic carbocycles. The van der Waals surface area contributed by atoms with E-state index < -0.39 is 0 Å². The maximum absolute atomic E-state index is 13.1. The molecular formula is C18H23FN2O3. The van der Waals surface area contributed by atoms with Crippen molar-refractivity contribution in [3.63, 3.8) is 0 Å². The lowest BCUT2D eigenvalue weighted by Gasteiger charge is -2.38. The highest BCUT2D eigenvalue weighted by molar-refractivity contribution is 5.86. The Labute approximate surface area is 141 Å². The van der Waals surface area contributed by atoms with Crippen molar-refractivity contribution in [1.29, 1.82) is 0 Å². The molecule has 3 rings (SSSR count). The SMILES string of the molecule is COC(=O)C(C)CN1C[C@@H]2CC1C(=O)N2[C@@H](C)c1ccc(F)cc1. The van der Waals surface area contributed by atoms with Crippen molar-refractivity contribution < 1.29 is 18.7 Å². The Kier molecular flexibility index (Phi) is 4.58. The van der Waals surface area contributed by atoms with E-state index in [0.29, 0.717) is 6.54 Å². The molecule has 0 spiro atoms. The number of carbonyl (C=O) groups is 2. The second-order valence-corrected chi connectivity index (χ2v) is 6.76. The summed E-state index contributed by atoms with van der Waals surface area (Å²) >= 11 is 0. The number of methoxy groups -OCH3 is 1. The Morgan fingerprint density at radius 3 is 2.58 bits per heavy atom. The fourth-order valence-corrected chi connectivity index (χ4v) is 3.93. The van der Waals surface area contributed by atoms with Crippen LogP contribution in [0.15, 0.2) is 24.3 Å². The maximum Gasteiger partial charge on any atom is 0.309 e. The first-order valence-electron chi connectivity index (χ1n) is 8.32. The number of amides is 1. The Morgan fingerprint density at radius 2 is 2.00 bits per heavy atom. The first-order chi connectivity index (χ1) is 11.4. The molecule has 0 aromatic heterocycles. The fourth-order valence-electron chi connectivity index (χ4n) is 3.93. The van der Waals surface area contributed by atoms with Crippen LogP contribution in [0.25, 0.3) is 0 Å². The van der Waals surface area contributed by atoms with Gasteiger partial charge >= 0.3 is 5.97 Å². The molecule has 6 heteroatoms. The molecule has 0 aliphatic carbocycles. The van der Waals surface area contributed by atoms with E-state index in [1.54, 1.807) is 12.1 Å². The minimum absolute atomic E-state index is 0.0757. The van der Waals surface area contributed by atoms with Gasteiger partial charge in [0.1, 0.15) is 5.82 Å². The zero-order chi connectivity index (χ0) is 17.4. The molecule has 1 amide bonds. The first-order valence-corrected chi connectivity index (χ1v) is 8.32. The molecule has 24 heavy (non-hydrogen) atoms. The molecule has 2 bridgehead atoms. The number of ether oxygens (including phenoxy) is 1. The lowest BCUT2D eigenvalue weighted by Crippen LogP contribution is -2.52. The van der Waals surface area contributed by atoms with Gasteiger partial charge in [0, 0.05) is 19.1 Å². The van der Waals surface area contributed by atoms with E-state index in [4.69, 9.17) is 4.74 Å². The first kappa shape index (κ1) is 16.9. The van der Waals surface area contributed by atoms with Crippen LogP contribution in [-0.4, -0.2) is 54.0 Å². The van der Waals surface area contributed by atoms with Gasteiger partial charge in [0.25, 0.3) is 0 Å². The fraction of sp³-hybridized carbons (Fsp3) is 0.556. The number of carbonyl (C=O) groups excluding carboxylic acids is 2. The van der Waals surface area contributed by atoms with Crippen molar-refractivity contribution in [2.24, 2.45) is 5.92 Å². The number of benzene rings is 1. The second kappa shape index (κ2) is 6.51. The largest absolute Gasteiger partial charge is 0.469 e. The highest BCUT2D eigenvalue weighted by Crippen LogP contribution is 2.38. The van der Waals surface area contributed by atoms with Crippen molar-refractivity contribution in [3.05, 3.63) is 35.6 Å². The van der Waals surface area contributed by atoms with Crippen molar-refractivity contribution in [3.8, 4) is 0 Å². The van der Waals surface area contributed by atoms with Crippen molar-refractivity contribution in [2.75, 3.05) is 20.2 Å². The topological polar surface area (TPSA) is 49.9 Å². The lowest BCUT2D eigenvalue weighted by molar-refractivity contribution is -0.147. The number of halogens is 1. The van der Waals surface area contributed by atoms with E-state index in [2.05, 4.69) is 4.90 Å². The quantitative estimate of drug-likeness (QED) is 0.773. The molecule has 2 heterocycles. The van der Waals surface area contributed by atoms with Crippen LogP contribution in [-0.2, 0) is 14.3 Å². The van der Waals surface area contributed by atoms with E-state index >= 15 is 0 Å². The third-order valence-corrected chi connectivity index (χ3v) is 5.20. The minimum Gasteiger partial charge on any atom is -0.469 e. The summed E-state index contributed by atoms with van der Waals surface area (Å²) in [4.78, 5) is 28.4. The third-order valence-electron chi connectivity index (χ3n) is 5.20. The number of likely N-dealkylation sites (tertiary alicyclic amines) is 2. The molecule has 1 aromatic rings. The number of hydrogen-bond donors (Lipinski definition) is 0. The number of fused-ring (bicyclic) bond motifs is 2. The molecule has 2 saturated heterocycles. The van der Waals surface area contributed by atoms with Gasteiger partial charge in [-0.25, -0.2) is 4.39 Å². The van der Waals surface area contributed by atoms with E-state index in [1.807, 2.05) is 18.7 Å². The van der Waals surface area contributed by atoms with Crippen molar-refractivity contribution in [1.82, 2.24) is 9.80 Å². The summed E-state index contributed by atoms with van der Waals surface area (Å²) in [6.45, 7) is 5.11. The van der Waals surface area contributed by atoms with Crippen LogP contribution in [0.5, 0.6) is 0 Å². The van der Waals surface area contributed by atoms with Crippen LogP contribution in [0, 0.1) is 11.7 Å². The zero-order valence-corrected chi connectivity index (χ0v) is 14.2. The molecule has 2 fully saturated rings. The van der Waals surface area contributed by atoms with Crippen LogP contribution in [0.1, 0.15) is 31.9 Å². The standard InChI is InChI=1S/C18H23FN2O3/c1-11(18(23)24-3)9-20-10-15-8-16(20)17(22)21(15)12(2)13-4-6-14(19)7-5-13/h4-7,11-12,15-16H,8-10H2,1-3H3/t11?,12-,15-,16?/m0/s1. The molecule has 0 saturated carbocycles. The summed E-state index contributed by atoms with van der Waals surface area (Å²) in [5, 5.41) is 0. The zero-order valence-electron chi connectivity index (χ0n) is 14.2. The predicted molar refractivity (Wildman–Crippen MR) is 86.6 cm³/mol. The average molecular weight is 334 g/mol. The summed E-state index contributed by atoms with van der Waals surface area (Å²) in [6.07, 6.45) is 0.790. The molecule has 0 radical (unpaired) electrons. The van der Waals surface area contributed by atoms with Gasteiger partial charge in [0.15, 0.2) is 0 Å². The van der Waals surface area contributed by atoms with Crippen LogP contribution in [0.3, 0.4) is 0 Å². The molecule has 2 unspecified atom stereocenters. The molecule has 2 aliphatic heterocycles. The maximum atomic E-state index is 13.1. The molecule has 0 N–H and O–H groups in total. The molecule has 4 atom stereocenters. The van der Waals surface area contributed by atoms with Crippen molar-refractivity contribution in [2.45, 2.75) is 38.4 Å². The van der Waals surface area contributed by atoms with E-state index in [1.165, 1.54) is 19.2 Å². The molecule has 5 nitrogen and oxygen atoms in total. The van der Waals surface area contributed by atoms with E-state index in [-0.39, 0.29) is 41.7 Å². The summed E-state index contributed by atoms with van der Waals surface area (Å²) in [6, 6.07) is 6.22. The highest BCUT2D eigenvalue weighted by Gasteiger charge is 2.51. The predicted octanol–water partition coefficient (Wildman–Crippen LogP) is 1.98. The molecular weight excluding hydrogens is 311 g/mol. The van der Waals surface area contributed by atoms with E-state index in [0.717, 1.165) is 18.5 Å². The van der Waals surface area contributed by atoms with Gasteiger partial charge in [-0.2, -0.15) is 0 Å². The Hall–Kier alpha value is -1.95. The summed E-state index contributed by atoms with van der Waals surface area (Å²) in [7, 11) is 1.38. The summed E-state index contributed by atoms with van der Waals surface area (Å²) in [5.41, 5.74) is 0.937. The van der Waals surface area contributed by atoms with Gasteiger partial charge < -0.3 is 9.64 Å². The highest BCUT2D eigenvalue weighted by atomic mass is 19.1. The van der Waals surface area contributed by atoms with Crippen molar-refractivity contribution >= 4 is 11.9 Å². The van der Waals surface area contributed by atoms with Crippen LogP contribution >= 0.6 is 0 Å². The number of rotatable bonds is 5. The summed E-state index contributed by atoms with van der Waals surface area (Å²) in [5.74, 6) is -0.671. The van der Waals surface area contributed by atoms with Gasteiger partial charge in [0.05, 0.1) is 25.1 Å². The average Bonchev–Trinajstić information content (AvgIpc) is 3.11. The second-order valence-electron chi connectivity index (χ2n) is 6.76. The Balaban J connectivity index is 1.68. The van der Waals surface area contributed by atoms with E-state index in [9.17, 15) is 14.0 Å². The van der Waals surface area contributed by atoms with Crippen LogP contribution in [0.2, 0.25) is 0 Å².